The number of carbonyl (C=O) groups excluding carboxylic acids is 1. The van der Waals surface area contributed by atoms with Crippen LogP contribution in [0, 0.1) is 11.7 Å². The summed E-state index contributed by atoms with van der Waals surface area (Å²) in [6.07, 6.45) is 4.96. The smallest absolute Gasteiger partial charge is 0.264 e. The summed E-state index contributed by atoms with van der Waals surface area (Å²) in [6, 6.07) is -0.821. The summed E-state index contributed by atoms with van der Waals surface area (Å²) in [5, 5.41) is 6.06. The van der Waals surface area contributed by atoms with Crippen molar-refractivity contribution in [3.8, 4) is 0 Å². The molecule has 1 aromatic rings. The van der Waals surface area contributed by atoms with Gasteiger partial charge in [-0.25, -0.2) is 28.1 Å². The van der Waals surface area contributed by atoms with Crippen molar-refractivity contribution in [3.05, 3.63) is 35.3 Å². The maximum atomic E-state index is 15.1. The third-order valence-electron chi connectivity index (χ3n) is 6.53. The molecule has 1 amide bonds. The van der Waals surface area contributed by atoms with Gasteiger partial charge in [-0.2, -0.15) is 0 Å². The van der Waals surface area contributed by atoms with E-state index in [0.717, 1.165) is 23.3 Å². The van der Waals surface area contributed by atoms with Crippen LogP contribution >= 0.6 is 35.1 Å². The van der Waals surface area contributed by atoms with Gasteiger partial charge in [0.05, 0.1) is 22.7 Å². The van der Waals surface area contributed by atoms with Gasteiger partial charge in [0.2, 0.25) is 5.91 Å². The molecule has 0 saturated carbocycles. The number of rotatable bonds is 6. The normalized spacial score (nSPS) is 25.2. The van der Waals surface area contributed by atoms with E-state index >= 15 is 4.39 Å². The molecule has 2 N–H and O–H groups in total. The highest BCUT2D eigenvalue weighted by Crippen LogP contribution is 2.52. The molecule has 0 bridgehead atoms. The number of anilines is 1. The minimum atomic E-state index is -3.00. The molecule has 7 nitrogen and oxygen atoms in total. The van der Waals surface area contributed by atoms with Crippen molar-refractivity contribution in [1.29, 1.82) is 0 Å². The minimum absolute atomic E-state index is 0.00823. The lowest BCUT2D eigenvalue weighted by molar-refractivity contribution is -0.124. The molecule has 5 rings (SSSR count). The van der Waals surface area contributed by atoms with Crippen LogP contribution in [0.1, 0.15) is 32.0 Å². The number of hydrogen-bond acceptors (Lipinski definition) is 8. The van der Waals surface area contributed by atoms with E-state index < -0.39 is 30.2 Å². The van der Waals surface area contributed by atoms with Crippen LogP contribution in [0.3, 0.4) is 0 Å². The molecule has 5 heterocycles. The van der Waals surface area contributed by atoms with E-state index in [2.05, 4.69) is 25.6 Å². The fourth-order valence-electron chi connectivity index (χ4n) is 4.60. The Bertz CT molecular complexity index is 1120. The van der Waals surface area contributed by atoms with Gasteiger partial charge < -0.3 is 15.5 Å². The van der Waals surface area contributed by atoms with Crippen LogP contribution in [0.25, 0.3) is 5.57 Å². The Morgan fingerprint density at radius 2 is 2.17 bits per heavy atom. The number of thioether (sulfide) groups is 2. The summed E-state index contributed by atoms with van der Waals surface area (Å²) in [7, 11) is 0. The average molecular weight is 545 g/mol. The Morgan fingerprint density at radius 1 is 1.40 bits per heavy atom. The zero-order valence-electron chi connectivity index (χ0n) is 18.9. The number of hydrogen-bond donors (Lipinski definition) is 2. The maximum Gasteiger partial charge on any atom is 0.264 e. The number of nitrogens with one attached hydrogen (secondary N) is 2. The van der Waals surface area contributed by atoms with Gasteiger partial charge in [-0.1, -0.05) is 18.5 Å². The Hall–Kier alpha value is -1.92. The van der Waals surface area contributed by atoms with Crippen LogP contribution in [0.15, 0.2) is 28.6 Å². The van der Waals surface area contributed by atoms with E-state index in [1.54, 1.807) is 40.8 Å². The van der Waals surface area contributed by atoms with Crippen molar-refractivity contribution in [2.45, 2.75) is 42.2 Å². The highest BCUT2D eigenvalue weighted by molar-refractivity contribution is 8.21. The largest absolute Gasteiger partial charge is 0.349 e. The molecule has 1 aromatic heterocycles. The Labute approximate surface area is 214 Å². The number of nitrogens with zero attached hydrogens (tertiary/aromatic N) is 4. The third kappa shape index (κ3) is 4.89. The topological polar surface area (TPSA) is 82.5 Å². The van der Waals surface area contributed by atoms with Gasteiger partial charge in [-0.3, -0.25) is 4.79 Å². The summed E-state index contributed by atoms with van der Waals surface area (Å²) in [6.45, 7) is 0.985. The third-order valence-corrected chi connectivity index (χ3v) is 10.2. The number of aromatic nitrogens is 2. The Balaban J connectivity index is 1.44. The van der Waals surface area contributed by atoms with Crippen LogP contribution in [-0.4, -0.2) is 62.3 Å². The number of aliphatic imine (C=N–C) groups is 1. The molecule has 1 spiro atoms. The number of fused-ring (bicyclic) bond motifs is 1. The van der Waals surface area contributed by atoms with Crippen LogP contribution < -0.4 is 15.5 Å². The first-order valence-electron chi connectivity index (χ1n) is 11.3. The highest BCUT2D eigenvalue weighted by Gasteiger charge is 2.51. The number of allylic oxidation sites excluding steroid dienone is 1. The van der Waals surface area contributed by atoms with E-state index in [0.29, 0.717) is 36.1 Å². The number of alkyl halides is 2. The van der Waals surface area contributed by atoms with Gasteiger partial charge in [0, 0.05) is 53.9 Å². The van der Waals surface area contributed by atoms with Crippen molar-refractivity contribution in [3.63, 3.8) is 0 Å². The number of amides is 1. The molecule has 1 unspecified atom stereocenters. The first kappa shape index (κ1) is 24.8. The summed E-state index contributed by atoms with van der Waals surface area (Å²) < 4.78 is 42.4. The fourth-order valence-corrected chi connectivity index (χ4v) is 8.06. The molecular formula is C22H24ClF3N6OS2. The molecule has 4 aliphatic heterocycles. The highest BCUT2D eigenvalue weighted by atomic mass is 35.5. The molecule has 2 fully saturated rings. The predicted molar refractivity (Wildman–Crippen MR) is 134 cm³/mol. The first-order valence-corrected chi connectivity index (χ1v) is 13.7. The van der Waals surface area contributed by atoms with Crippen LogP contribution in [-0.2, 0) is 4.79 Å². The molecule has 2 atom stereocenters. The molecule has 0 aromatic carbocycles. The van der Waals surface area contributed by atoms with Gasteiger partial charge in [-0.05, 0) is 6.42 Å². The molecule has 0 aliphatic carbocycles. The summed E-state index contributed by atoms with van der Waals surface area (Å²) >= 11 is 9.62. The number of amidine groups is 1. The average Bonchev–Trinajstić information content (AvgIpc) is 3.57. The van der Waals surface area contributed by atoms with Crippen LogP contribution in [0.2, 0.25) is 0 Å². The predicted octanol–water partition coefficient (Wildman–Crippen LogP) is 3.97. The number of carbonyl (C=O) groups is 1. The van der Waals surface area contributed by atoms with Crippen molar-refractivity contribution in [2.24, 2.45) is 10.9 Å². The molecular weight excluding hydrogens is 521 g/mol. The summed E-state index contributed by atoms with van der Waals surface area (Å²) in [5.74, 6) is -1.56. The Morgan fingerprint density at radius 3 is 2.91 bits per heavy atom. The molecule has 4 aliphatic rings. The molecule has 13 heteroatoms. The van der Waals surface area contributed by atoms with E-state index in [9.17, 15) is 13.6 Å². The quantitative estimate of drug-likeness (QED) is 0.560. The van der Waals surface area contributed by atoms with Gasteiger partial charge in [0.25, 0.3) is 5.92 Å². The van der Waals surface area contributed by atoms with E-state index in [-0.39, 0.29) is 22.2 Å². The lowest BCUT2D eigenvalue weighted by atomic mass is 9.95. The second-order valence-corrected chi connectivity index (χ2v) is 12.5. The standard InChI is InChI=1S/C22H24ClF3N6OS2/c1-2-21(25,26)10-30-20(33)16-6-22(34-3-4-35-22)11-32(16)19-15(24)9-29-18(31-19)14-8-28-17-13(14)5-12(23)7-27-17/h7-9,13,16H,2-6,10-11H2,1H3,(H,27,28)(H,30,33)/t13?,16-/m1/s1. The molecule has 188 valence electrons. The minimum Gasteiger partial charge on any atom is -0.349 e. The Kier molecular flexibility index (Phi) is 6.73. The SMILES string of the molecule is CCC(F)(F)CNC(=O)[C@H]1CC2(CN1c1nc(C3=CNC4=NC=C(Cl)CC34)ncc1F)SCCS2. The van der Waals surface area contributed by atoms with Crippen LogP contribution in [0.4, 0.5) is 19.0 Å². The lowest BCUT2D eigenvalue weighted by Crippen LogP contribution is -2.47. The van der Waals surface area contributed by atoms with Crippen LogP contribution in [0.5, 0.6) is 0 Å². The van der Waals surface area contributed by atoms with Crippen molar-refractivity contribution in [2.75, 3.05) is 29.5 Å². The fraction of sp³-hybridized carbons (Fsp3) is 0.545. The maximum absolute atomic E-state index is 15.1. The zero-order valence-corrected chi connectivity index (χ0v) is 21.3. The lowest BCUT2D eigenvalue weighted by Gasteiger charge is -2.26. The van der Waals surface area contributed by atoms with Crippen molar-refractivity contribution >= 4 is 58.3 Å². The zero-order chi connectivity index (χ0) is 24.8. The van der Waals surface area contributed by atoms with Crippen molar-refractivity contribution in [1.82, 2.24) is 20.6 Å². The molecule has 2 saturated heterocycles. The second kappa shape index (κ2) is 9.51. The number of halogens is 4. The van der Waals surface area contributed by atoms with Gasteiger partial charge in [-0.15, -0.1) is 23.5 Å². The van der Waals surface area contributed by atoms with E-state index in [4.69, 9.17) is 11.6 Å². The summed E-state index contributed by atoms with van der Waals surface area (Å²) in [4.78, 5) is 27.7. The molecule has 35 heavy (non-hydrogen) atoms. The van der Waals surface area contributed by atoms with Crippen molar-refractivity contribution < 1.29 is 18.0 Å². The van der Waals surface area contributed by atoms with Gasteiger partial charge in [0.15, 0.2) is 17.5 Å². The molecule has 0 radical (unpaired) electrons. The first-order chi connectivity index (χ1) is 16.7. The van der Waals surface area contributed by atoms with E-state index in [1.165, 1.54) is 6.92 Å². The second-order valence-electron chi connectivity index (χ2n) is 8.84. The van der Waals surface area contributed by atoms with E-state index in [1.807, 2.05) is 0 Å². The monoisotopic (exact) mass is 544 g/mol. The summed E-state index contributed by atoms with van der Waals surface area (Å²) in [5.41, 5.74) is 0.721. The van der Waals surface area contributed by atoms with Gasteiger partial charge in [0.1, 0.15) is 11.9 Å². The van der Waals surface area contributed by atoms with Gasteiger partial charge >= 0.3 is 0 Å².